The Kier molecular flexibility index (Phi) is 5.31. The molecule has 138 valence electrons. The zero-order valence-corrected chi connectivity index (χ0v) is 16.2. The van der Waals surface area contributed by atoms with Crippen molar-refractivity contribution >= 4 is 11.7 Å². The third-order valence-electron chi connectivity index (χ3n) is 4.82. The second kappa shape index (κ2) is 7.67. The van der Waals surface area contributed by atoms with Crippen LogP contribution in [0.5, 0.6) is 5.75 Å². The Labute approximate surface area is 161 Å². The third-order valence-corrected chi connectivity index (χ3v) is 4.82. The molecule has 3 aromatic carbocycles. The maximum atomic E-state index is 13.3. The molecule has 0 bridgehead atoms. The number of hydrogen-bond donors (Lipinski definition) is 1. The Hall–Kier alpha value is -3.07. The fourth-order valence-electron chi connectivity index (χ4n) is 3.58. The van der Waals surface area contributed by atoms with Gasteiger partial charge in [0.05, 0.1) is 5.69 Å². The van der Waals surface area contributed by atoms with Gasteiger partial charge in [0.2, 0.25) is 0 Å². The van der Waals surface area contributed by atoms with Crippen molar-refractivity contribution in [2.24, 2.45) is 0 Å². The quantitative estimate of drug-likeness (QED) is 0.478. The minimum atomic E-state index is -1.06. The van der Waals surface area contributed by atoms with Gasteiger partial charge in [-0.1, -0.05) is 74.5 Å². The summed E-state index contributed by atoms with van der Waals surface area (Å²) < 4.78 is 5.77. The van der Waals surface area contributed by atoms with E-state index in [9.17, 15) is 4.79 Å². The lowest BCUT2D eigenvalue weighted by atomic mass is 9.77. The molecular weight excluding hydrogens is 334 g/mol. The van der Waals surface area contributed by atoms with E-state index in [-0.39, 0.29) is 5.97 Å². The van der Waals surface area contributed by atoms with Crippen LogP contribution in [0.3, 0.4) is 0 Å². The van der Waals surface area contributed by atoms with Gasteiger partial charge in [-0.15, -0.1) is 0 Å². The molecule has 0 spiro atoms. The maximum Gasteiger partial charge on any atom is 0.346 e. The number of nitrogens with one attached hydrogen (secondary N) is 1. The number of anilines is 1. The topological polar surface area (TPSA) is 38.3 Å². The van der Waals surface area contributed by atoms with E-state index in [1.54, 1.807) is 6.07 Å². The van der Waals surface area contributed by atoms with Gasteiger partial charge in [0.1, 0.15) is 0 Å². The Morgan fingerprint density at radius 2 is 1.22 bits per heavy atom. The van der Waals surface area contributed by atoms with Gasteiger partial charge in [0.25, 0.3) is 0 Å². The first-order chi connectivity index (χ1) is 13.1. The predicted octanol–water partition coefficient (Wildman–Crippen LogP) is 5.60. The van der Waals surface area contributed by atoms with E-state index >= 15 is 0 Å². The highest BCUT2D eigenvalue weighted by Gasteiger charge is 2.48. The smallest absolute Gasteiger partial charge is 0.346 e. The van der Waals surface area contributed by atoms with Crippen LogP contribution in [-0.2, 0) is 10.3 Å². The highest BCUT2D eigenvalue weighted by Crippen LogP contribution is 2.44. The van der Waals surface area contributed by atoms with Crippen molar-refractivity contribution in [3.05, 3.63) is 95.1 Å². The summed E-state index contributed by atoms with van der Waals surface area (Å²) in [6, 6.07) is 23.4. The molecule has 0 radical (unpaired) electrons. The monoisotopic (exact) mass is 359 g/mol. The Balaban J connectivity index is 0.00000102. The Morgan fingerprint density at radius 1 is 0.741 bits per heavy atom. The second-order valence-electron chi connectivity index (χ2n) is 6.39. The number of fused-ring (bicyclic) bond motifs is 1. The van der Waals surface area contributed by atoms with Crippen LogP contribution in [0.4, 0.5) is 5.69 Å². The first kappa shape index (κ1) is 18.7. The number of para-hydroxylation sites is 2. The number of rotatable bonds is 2. The molecule has 27 heavy (non-hydrogen) atoms. The van der Waals surface area contributed by atoms with Gasteiger partial charge < -0.3 is 10.1 Å². The number of esters is 1. The van der Waals surface area contributed by atoms with Gasteiger partial charge in [0, 0.05) is 0 Å². The highest BCUT2D eigenvalue weighted by atomic mass is 16.5. The summed E-state index contributed by atoms with van der Waals surface area (Å²) in [4.78, 5) is 13.3. The number of carbonyl (C=O) groups is 1. The molecule has 0 fully saturated rings. The fraction of sp³-hybridized carbons (Fsp3) is 0.208. The number of carbonyl (C=O) groups excluding carboxylic acids is 1. The number of ether oxygens (including phenoxy) is 1. The first-order valence-electron chi connectivity index (χ1n) is 9.34. The summed E-state index contributed by atoms with van der Waals surface area (Å²) in [6.45, 7) is 8.04. The van der Waals surface area contributed by atoms with E-state index in [0.29, 0.717) is 5.75 Å². The summed E-state index contributed by atoms with van der Waals surface area (Å²) in [6.07, 6.45) is 0. The molecule has 1 N–H and O–H groups in total. The van der Waals surface area contributed by atoms with Crippen LogP contribution in [0.2, 0.25) is 0 Å². The SMILES string of the molecule is CC.Cc1ccccc1C1(c2ccccc2C)Nc2ccccc2OC1=O. The lowest BCUT2D eigenvalue weighted by Gasteiger charge is -2.39. The Morgan fingerprint density at radius 3 is 1.78 bits per heavy atom. The molecule has 0 unspecified atom stereocenters. The molecule has 1 heterocycles. The van der Waals surface area contributed by atoms with Crippen LogP contribution >= 0.6 is 0 Å². The van der Waals surface area contributed by atoms with Crippen molar-refractivity contribution in [1.82, 2.24) is 0 Å². The molecule has 0 amide bonds. The number of hydrogen-bond acceptors (Lipinski definition) is 3. The van der Waals surface area contributed by atoms with Gasteiger partial charge in [0.15, 0.2) is 11.3 Å². The van der Waals surface area contributed by atoms with Crippen molar-refractivity contribution in [3.8, 4) is 5.75 Å². The molecule has 0 saturated heterocycles. The average molecular weight is 359 g/mol. The first-order valence-corrected chi connectivity index (χ1v) is 9.34. The van der Waals surface area contributed by atoms with E-state index in [1.807, 2.05) is 94.4 Å². The minimum absolute atomic E-state index is 0.310. The van der Waals surface area contributed by atoms with Crippen molar-refractivity contribution in [1.29, 1.82) is 0 Å². The van der Waals surface area contributed by atoms with Crippen molar-refractivity contribution in [2.45, 2.75) is 33.2 Å². The van der Waals surface area contributed by atoms with Crippen LogP contribution in [0.1, 0.15) is 36.1 Å². The van der Waals surface area contributed by atoms with Gasteiger partial charge in [-0.3, -0.25) is 0 Å². The van der Waals surface area contributed by atoms with E-state index in [1.165, 1.54) is 0 Å². The van der Waals surface area contributed by atoms with Gasteiger partial charge >= 0.3 is 5.97 Å². The molecule has 0 aliphatic carbocycles. The van der Waals surface area contributed by atoms with Gasteiger partial charge in [-0.05, 0) is 48.2 Å². The van der Waals surface area contributed by atoms with Gasteiger partial charge in [-0.25, -0.2) is 4.79 Å². The predicted molar refractivity (Wildman–Crippen MR) is 110 cm³/mol. The van der Waals surface area contributed by atoms with Crippen LogP contribution < -0.4 is 10.1 Å². The molecule has 3 heteroatoms. The second-order valence-corrected chi connectivity index (χ2v) is 6.39. The standard InChI is InChI=1S/C22H19NO2.C2H6/c1-15-9-3-5-11-17(15)22(18-12-6-4-10-16(18)2)21(24)25-20-14-8-7-13-19(20)23-22;1-2/h3-14,23H,1-2H3;1-2H3. The highest BCUT2D eigenvalue weighted by molar-refractivity contribution is 5.96. The molecule has 0 aromatic heterocycles. The van der Waals surface area contributed by atoms with Crippen molar-refractivity contribution < 1.29 is 9.53 Å². The molecule has 0 atom stereocenters. The van der Waals surface area contributed by atoms with Crippen LogP contribution in [0.25, 0.3) is 0 Å². The molecule has 0 saturated carbocycles. The molecule has 4 rings (SSSR count). The number of aryl methyl sites for hydroxylation is 2. The summed E-state index contributed by atoms with van der Waals surface area (Å²) in [5, 5.41) is 3.50. The Bertz CT molecular complexity index is 916. The zero-order valence-electron chi connectivity index (χ0n) is 16.2. The average Bonchev–Trinajstić information content (AvgIpc) is 2.70. The van der Waals surface area contributed by atoms with Crippen LogP contribution in [0, 0.1) is 13.8 Å². The van der Waals surface area contributed by atoms with Crippen LogP contribution in [-0.4, -0.2) is 5.97 Å². The summed E-state index contributed by atoms with van der Waals surface area (Å²) >= 11 is 0. The van der Waals surface area contributed by atoms with Crippen molar-refractivity contribution in [3.63, 3.8) is 0 Å². The molecule has 1 aliphatic heterocycles. The third kappa shape index (κ3) is 3.10. The lowest BCUT2D eigenvalue weighted by molar-refractivity contribution is -0.139. The minimum Gasteiger partial charge on any atom is -0.422 e. The molecule has 1 aliphatic rings. The summed E-state index contributed by atoms with van der Waals surface area (Å²) in [7, 11) is 0. The van der Waals surface area contributed by atoms with Crippen LogP contribution in [0.15, 0.2) is 72.8 Å². The fourth-order valence-corrected chi connectivity index (χ4v) is 3.58. The lowest BCUT2D eigenvalue weighted by Crippen LogP contribution is -2.50. The van der Waals surface area contributed by atoms with E-state index in [0.717, 1.165) is 27.9 Å². The summed E-state index contributed by atoms with van der Waals surface area (Å²) in [5.41, 5.74) is 3.63. The molecular formula is C24H25NO2. The number of benzene rings is 3. The summed E-state index contributed by atoms with van der Waals surface area (Å²) in [5.74, 6) is 0.250. The zero-order chi connectivity index (χ0) is 19.4. The molecule has 3 nitrogen and oxygen atoms in total. The normalized spacial score (nSPS) is 14.1. The molecule has 3 aromatic rings. The van der Waals surface area contributed by atoms with Gasteiger partial charge in [-0.2, -0.15) is 0 Å². The maximum absolute atomic E-state index is 13.3. The van der Waals surface area contributed by atoms with E-state index in [4.69, 9.17) is 4.74 Å². The van der Waals surface area contributed by atoms with E-state index in [2.05, 4.69) is 5.32 Å². The largest absolute Gasteiger partial charge is 0.422 e. The van der Waals surface area contributed by atoms with E-state index < -0.39 is 5.54 Å². The van der Waals surface area contributed by atoms with Crippen molar-refractivity contribution in [2.75, 3.05) is 5.32 Å².